The van der Waals surface area contributed by atoms with Crippen LogP contribution in [0.1, 0.15) is 29.8 Å². The molecule has 0 spiro atoms. The van der Waals surface area contributed by atoms with Crippen LogP contribution in [0.3, 0.4) is 0 Å². The van der Waals surface area contributed by atoms with E-state index in [9.17, 15) is 4.79 Å². The zero-order chi connectivity index (χ0) is 20.9. The number of amides is 1. The second-order valence-electron chi connectivity index (χ2n) is 6.50. The van der Waals surface area contributed by atoms with Gasteiger partial charge >= 0.3 is 0 Å². The van der Waals surface area contributed by atoms with Gasteiger partial charge in [0.05, 0.1) is 12.2 Å². The standard InChI is InChI=1S/C23H32N2O4/c1-4-25(5-2)14-15-28-21-12-8-6-10-19(21)18-24-23(26)20-11-7-9-13-22(20)29-17-16-27-3/h6-13H,4-5,14-18H2,1-3H3,(H,24,26). The predicted octanol–water partition coefficient (Wildman–Crippen LogP) is 3.36. The van der Waals surface area contributed by atoms with E-state index in [1.54, 1.807) is 19.2 Å². The SMILES string of the molecule is CCN(CC)CCOc1ccccc1CNC(=O)c1ccccc1OCCOC. The second-order valence-corrected chi connectivity index (χ2v) is 6.50. The quantitative estimate of drug-likeness (QED) is 0.523. The van der Waals surface area contributed by atoms with Crippen LogP contribution in [0.4, 0.5) is 0 Å². The van der Waals surface area contributed by atoms with Crippen molar-refractivity contribution in [3.63, 3.8) is 0 Å². The molecule has 0 atom stereocenters. The number of benzene rings is 2. The number of carbonyl (C=O) groups excluding carboxylic acids is 1. The molecule has 6 nitrogen and oxygen atoms in total. The van der Waals surface area contributed by atoms with Gasteiger partial charge in [0.1, 0.15) is 24.7 Å². The van der Waals surface area contributed by atoms with Gasteiger partial charge in [0.2, 0.25) is 0 Å². The van der Waals surface area contributed by atoms with Gasteiger partial charge in [-0.1, -0.05) is 44.2 Å². The van der Waals surface area contributed by atoms with Gasteiger partial charge in [-0.15, -0.1) is 0 Å². The molecule has 0 radical (unpaired) electrons. The van der Waals surface area contributed by atoms with Crippen LogP contribution in [0, 0.1) is 0 Å². The summed E-state index contributed by atoms with van der Waals surface area (Å²) in [4.78, 5) is 15.0. The first-order valence-corrected chi connectivity index (χ1v) is 10.1. The van der Waals surface area contributed by atoms with Crippen molar-refractivity contribution in [2.24, 2.45) is 0 Å². The van der Waals surface area contributed by atoms with Crippen molar-refractivity contribution < 1.29 is 19.0 Å². The molecule has 0 unspecified atom stereocenters. The first-order valence-electron chi connectivity index (χ1n) is 10.1. The number of rotatable bonds is 13. The Labute approximate surface area is 173 Å². The Bertz CT molecular complexity index is 747. The molecule has 0 heterocycles. The highest BCUT2D eigenvalue weighted by Gasteiger charge is 2.13. The van der Waals surface area contributed by atoms with E-state index in [1.807, 2.05) is 36.4 Å². The topological polar surface area (TPSA) is 60.0 Å². The number of nitrogens with one attached hydrogen (secondary N) is 1. The predicted molar refractivity (Wildman–Crippen MR) is 115 cm³/mol. The number of methoxy groups -OCH3 is 1. The number of likely N-dealkylation sites (N-methyl/N-ethyl adjacent to an activating group) is 1. The van der Waals surface area contributed by atoms with Crippen LogP contribution >= 0.6 is 0 Å². The molecule has 0 aliphatic heterocycles. The van der Waals surface area contributed by atoms with Gasteiger partial charge in [-0.05, 0) is 31.3 Å². The van der Waals surface area contributed by atoms with Gasteiger partial charge in [-0.2, -0.15) is 0 Å². The lowest BCUT2D eigenvalue weighted by molar-refractivity contribution is 0.0942. The Hall–Kier alpha value is -2.57. The molecule has 0 aliphatic rings. The molecule has 2 aromatic carbocycles. The van der Waals surface area contributed by atoms with Crippen LogP contribution in [0.15, 0.2) is 48.5 Å². The smallest absolute Gasteiger partial charge is 0.255 e. The number of hydrogen-bond acceptors (Lipinski definition) is 5. The minimum Gasteiger partial charge on any atom is -0.492 e. The summed E-state index contributed by atoms with van der Waals surface area (Å²) in [5.41, 5.74) is 1.45. The van der Waals surface area contributed by atoms with Gasteiger partial charge in [-0.25, -0.2) is 0 Å². The lowest BCUT2D eigenvalue weighted by Crippen LogP contribution is -2.28. The maximum Gasteiger partial charge on any atom is 0.255 e. The van der Waals surface area contributed by atoms with Crippen molar-refractivity contribution in [3.05, 3.63) is 59.7 Å². The second kappa shape index (κ2) is 12.8. The summed E-state index contributed by atoms with van der Waals surface area (Å²) >= 11 is 0. The van der Waals surface area contributed by atoms with E-state index in [4.69, 9.17) is 14.2 Å². The fourth-order valence-electron chi connectivity index (χ4n) is 2.90. The Balaban J connectivity index is 1.95. The monoisotopic (exact) mass is 400 g/mol. The fraction of sp³-hybridized carbons (Fsp3) is 0.435. The van der Waals surface area contributed by atoms with Crippen molar-refractivity contribution in [2.75, 3.05) is 46.6 Å². The van der Waals surface area contributed by atoms with Crippen molar-refractivity contribution in [1.29, 1.82) is 0 Å². The third kappa shape index (κ3) is 7.40. The van der Waals surface area contributed by atoms with E-state index in [0.29, 0.717) is 37.7 Å². The van der Waals surface area contributed by atoms with Crippen molar-refractivity contribution in [2.45, 2.75) is 20.4 Å². The lowest BCUT2D eigenvalue weighted by atomic mass is 10.1. The first-order chi connectivity index (χ1) is 14.2. The molecule has 0 bridgehead atoms. The maximum absolute atomic E-state index is 12.7. The Morgan fingerprint density at radius 1 is 0.897 bits per heavy atom. The van der Waals surface area contributed by atoms with Crippen molar-refractivity contribution in [3.8, 4) is 11.5 Å². The maximum atomic E-state index is 12.7. The van der Waals surface area contributed by atoms with E-state index in [0.717, 1.165) is 30.9 Å². The largest absolute Gasteiger partial charge is 0.492 e. The van der Waals surface area contributed by atoms with E-state index >= 15 is 0 Å². The first kappa shape index (κ1) is 22.7. The Morgan fingerprint density at radius 2 is 1.55 bits per heavy atom. The molecule has 158 valence electrons. The summed E-state index contributed by atoms with van der Waals surface area (Å²) in [6.45, 7) is 9.02. The molecule has 1 amide bonds. The third-order valence-electron chi connectivity index (χ3n) is 4.65. The van der Waals surface area contributed by atoms with Crippen LogP contribution in [-0.2, 0) is 11.3 Å². The number of nitrogens with zero attached hydrogens (tertiary/aromatic N) is 1. The average molecular weight is 401 g/mol. The molecule has 2 aromatic rings. The van der Waals surface area contributed by atoms with Crippen LogP contribution < -0.4 is 14.8 Å². The molecule has 0 aliphatic carbocycles. The number of ether oxygens (including phenoxy) is 3. The summed E-state index contributed by atoms with van der Waals surface area (Å²) in [6, 6.07) is 15.0. The average Bonchev–Trinajstić information content (AvgIpc) is 2.76. The molecule has 6 heteroatoms. The fourth-order valence-corrected chi connectivity index (χ4v) is 2.90. The molecule has 29 heavy (non-hydrogen) atoms. The van der Waals surface area contributed by atoms with Crippen LogP contribution in [0.25, 0.3) is 0 Å². The third-order valence-corrected chi connectivity index (χ3v) is 4.65. The molecule has 0 fully saturated rings. The molecular weight excluding hydrogens is 368 g/mol. The van der Waals surface area contributed by atoms with Gasteiger partial charge in [0.15, 0.2) is 0 Å². The molecule has 2 rings (SSSR count). The number of carbonyl (C=O) groups is 1. The van der Waals surface area contributed by atoms with Crippen LogP contribution in [-0.4, -0.2) is 57.4 Å². The normalized spacial score (nSPS) is 10.8. The van der Waals surface area contributed by atoms with Gasteiger partial charge in [-0.3, -0.25) is 4.79 Å². The minimum atomic E-state index is -0.184. The molecule has 1 N–H and O–H groups in total. The highest BCUT2D eigenvalue weighted by atomic mass is 16.5. The summed E-state index contributed by atoms with van der Waals surface area (Å²) in [5, 5.41) is 2.97. The lowest BCUT2D eigenvalue weighted by Gasteiger charge is -2.19. The highest BCUT2D eigenvalue weighted by molar-refractivity contribution is 5.96. The van der Waals surface area contributed by atoms with E-state index < -0.39 is 0 Å². The summed E-state index contributed by atoms with van der Waals surface area (Å²) in [7, 11) is 1.61. The van der Waals surface area contributed by atoms with Gasteiger partial charge in [0.25, 0.3) is 5.91 Å². The zero-order valence-electron chi connectivity index (χ0n) is 17.6. The molecule has 0 aromatic heterocycles. The van der Waals surface area contributed by atoms with Crippen LogP contribution in [0.2, 0.25) is 0 Å². The van der Waals surface area contributed by atoms with E-state index in [1.165, 1.54) is 0 Å². The van der Waals surface area contributed by atoms with E-state index in [-0.39, 0.29) is 5.91 Å². The zero-order valence-corrected chi connectivity index (χ0v) is 17.6. The minimum absolute atomic E-state index is 0.184. The number of para-hydroxylation sites is 2. The van der Waals surface area contributed by atoms with Crippen molar-refractivity contribution in [1.82, 2.24) is 10.2 Å². The number of hydrogen-bond donors (Lipinski definition) is 1. The Kier molecular flexibility index (Phi) is 10.0. The molecule has 0 saturated heterocycles. The Morgan fingerprint density at radius 3 is 2.28 bits per heavy atom. The highest BCUT2D eigenvalue weighted by Crippen LogP contribution is 2.20. The van der Waals surface area contributed by atoms with Gasteiger partial charge in [0, 0.05) is 25.8 Å². The van der Waals surface area contributed by atoms with E-state index in [2.05, 4.69) is 24.1 Å². The summed E-state index contributed by atoms with van der Waals surface area (Å²) in [6.07, 6.45) is 0. The summed E-state index contributed by atoms with van der Waals surface area (Å²) in [5.74, 6) is 1.16. The molecule has 0 saturated carbocycles. The van der Waals surface area contributed by atoms with Gasteiger partial charge < -0.3 is 24.4 Å². The molecular formula is C23H32N2O4. The summed E-state index contributed by atoms with van der Waals surface area (Å²) < 4.78 is 16.6. The van der Waals surface area contributed by atoms with Crippen molar-refractivity contribution >= 4 is 5.91 Å². The van der Waals surface area contributed by atoms with Crippen LogP contribution in [0.5, 0.6) is 11.5 Å².